The molecule has 1 aliphatic rings. The molecule has 1 fully saturated rings. The van der Waals surface area contributed by atoms with Gasteiger partial charge in [0.2, 0.25) is 0 Å². The maximum absolute atomic E-state index is 10.5. The van der Waals surface area contributed by atoms with E-state index in [1.165, 1.54) is 0 Å². The van der Waals surface area contributed by atoms with Gasteiger partial charge in [-0.05, 0) is 22.6 Å². The van der Waals surface area contributed by atoms with E-state index in [1.54, 1.807) is 22.6 Å². The summed E-state index contributed by atoms with van der Waals surface area (Å²) in [5, 5.41) is 36.1. The summed E-state index contributed by atoms with van der Waals surface area (Å²) in [5.41, 5.74) is 0. The van der Waals surface area contributed by atoms with Crippen molar-refractivity contribution in [3.63, 3.8) is 0 Å². The van der Waals surface area contributed by atoms with Gasteiger partial charge in [0.25, 0.3) is 0 Å². The van der Waals surface area contributed by atoms with Gasteiger partial charge in [0, 0.05) is 0 Å². The lowest BCUT2D eigenvalue weighted by molar-refractivity contribution is -0.206. The first-order chi connectivity index (χ1) is 5.95. The van der Waals surface area contributed by atoms with Crippen molar-refractivity contribution in [2.24, 2.45) is 0 Å². The topological polar surface area (TPSA) is 107 Å². The lowest BCUT2D eigenvalue weighted by Crippen LogP contribution is -2.58. The summed E-state index contributed by atoms with van der Waals surface area (Å²) in [6, 6.07) is 0. The first-order valence-electron chi connectivity index (χ1n) is 3.51. The molecule has 1 saturated heterocycles. The zero-order valence-corrected chi connectivity index (χ0v) is 8.53. The van der Waals surface area contributed by atoms with Crippen LogP contribution in [0.15, 0.2) is 0 Å². The molecule has 0 spiro atoms. The minimum absolute atomic E-state index is 0.836. The fraction of sp³-hybridized carbons (Fsp3) is 0.833. The van der Waals surface area contributed by atoms with Crippen LogP contribution in [0.4, 0.5) is 0 Å². The third-order valence-corrected chi connectivity index (χ3v) is 2.83. The van der Waals surface area contributed by atoms with Gasteiger partial charge < -0.3 is 25.2 Å². The van der Waals surface area contributed by atoms with Gasteiger partial charge in [0.1, 0.15) is 22.4 Å². The Morgan fingerprint density at radius 3 is 2.15 bits per heavy atom. The van der Waals surface area contributed by atoms with Crippen molar-refractivity contribution < 1.29 is 30.0 Å². The summed E-state index contributed by atoms with van der Waals surface area (Å²) in [5.74, 6) is -1.36. The van der Waals surface area contributed by atoms with Crippen molar-refractivity contribution >= 4 is 28.6 Å². The fourth-order valence-corrected chi connectivity index (χ4v) is 1.78. The Balaban J connectivity index is 2.76. The average molecular weight is 304 g/mol. The predicted molar refractivity (Wildman–Crippen MR) is 48.3 cm³/mol. The Labute approximate surface area is 87.3 Å². The molecule has 0 aliphatic carbocycles. The molecule has 0 amide bonds. The summed E-state index contributed by atoms with van der Waals surface area (Å²) in [6.07, 6.45) is -5.85. The number of carbonyl (C=O) groups is 1. The van der Waals surface area contributed by atoms with Gasteiger partial charge in [-0.3, -0.25) is 0 Å². The number of aliphatic hydroxyl groups is 3. The Morgan fingerprint density at radius 2 is 1.69 bits per heavy atom. The third-order valence-electron chi connectivity index (χ3n) is 1.80. The molecule has 4 N–H and O–H groups in total. The minimum Gasteiger partial charge on any atom is -0.479 e. The van der Waals surface area contributed by atoms with Gasteiger partial charge in [0.05, 0.1) is 0 Å². The maximum Gasteiger partial charge on any atom is 0.335 e. The minimum atomic E-state index is -1.60. The highest BCUT2D eigenvalue weighted by atomic mass is 127. The Kier molecular flexibility index (Phi) is 3.46. The standard InChI is InChI=1S/C6H9IO6/c7-5-3(10)1(8)2(9)4(13-5)6(11)12/h1-5,8-10H,(H,11,12)/t1-,2-,3+,4-,5+/m0/s1. The van der Waals surface area contributed by atoms with E-state index in [1.807, 2.05) is 0 Å². The van der Waals surface area contributed by atoms with E-state index in [9.17, 15) is 20.1 Å². The molecule has 0 bridgehead atoms. The third kappa shape index (κ3) is 2.10. The molecule has 7 heteroatoms. The number of carboxylic acid groups (broad SMARTS) is 1. The fourth-order valence-electron chi connectivity index (χ4n) is 1.04. The Bertz CT molecular complexity index is 209. The van der Waals surface area contributed by atoms with Crippen LogP contribution in [0.2, 0.25) is 0 Å². The normalized spacial score (nSPS) is 46.0. The Morgan fingerprint density at radius 1 is 1.15 bits per heavy atom. The molecule has 13 heavy (non-hydrogen) atoms. The zero-order valence-electron chi connectivity index (χ0n) is 6.37. The molecule has 76 valence electrons. The quantitative estimate of drug-likeness (QED) is 0.340. The van der Waals surface area contributed by atoms with Crippen molar-refractivity contribution in [3.8, 4) is 0 Å². The van der Waals surface area contributed by atoms with Crippen LogP contribution in [-0.2, 0) is 9.53 Å². The van der Waals surface area contributed by atoms with E-state index >= 15 is 0 Å². The molecule has 0 aromatic heterocycles. The Hall–Kier alpha value is 0.0400. The van der Waals surface area contributed by atoms with E-state index in [0.717, 1.165) is 0 Å². The molecular formula is C6H9IO6. The van der Waals surface area contributed by atoms with Crippen LogP contribution in [0, 0.1) is 0 Å². The van der Waals surface area contributed by atoms with Gasteiger partial charge in [0.15, 0.2) is 6.10 Å². The van der Waals surface area contributed by atoms with Crippen LogP contribution in [-0.4, -0.2) is 54.9 Å². The number of alkyl halides is 1. The summed E-state index contributed by atoms with van der Waals surface area (Å²) in [4.78, 5) is 10.5. The van der Waals surface area contributed by atoms with Gasteiger partial charge in [-0.1, -0.05) is 0 Å². The van der Waals surface area contributed by atoms with Gasteiger partial charge in [-0.15, -0.1) is 0 Å². The van der Waals surface area contributed by atoms with Crippen molar-refractivity contribution in [3.05, 3.63) is 0 Å². The van der Waals surface area contributed by atoms with Gasteiger partial charge in [-0.25, -0.2) is 4.79 Å². The number of aliphatic hydroxyl groups excluding tert-OH is 3. The maximum atomic E-state index is 10.5. The first kappa shape index (κ1) is 11.1. The van der Waals surface area contributed by atoms with E-state index in [2.05, 4.69) is 0 Å². The summed E-state index contributed by atoms with van der Waals surface area (Å²) in [7, 11) is 0. The van der Waals surface area contributed by atoms with E-state index in [0.29, 0.717) is 0 Å². The molecule has 0 aromatic rings. The second kappa shape index (κ2) is 4.05. The van der Waals surface area contributed by atoms with Crippen LogP contribution in [0.3, 0.4) is 0 Å². The SMILES string of the molecule is O=C(O)[C@H]1O[C@@H](I)[C@H](O)[C@@H](O)[C@@H]1O. The van der Waals surface area contributed by atoms with E-state index in [4.69, 9.17) is 9.84 Å². The molecule has 0 radical (unpaired) electrons. The van der Waals surface area contributed by atoms with Crippen molar-refractivity contribution in [1.29, 1.82) is 0 Å². The molecule has 1 rings (SSSR count). The summed E-state index contributed by atoms with van der Waals surface area (Å²) in [6.45, 7) is 0. The molecular weight excluding hydrogens is 295 g/mol. The lowest BCUT2D eigenvalue weighted by atomic mass is 10.0. The molecule has 1 aliphatic heterocycles. The smallest absolute Gasteiger partial charge is 0.335 e. The monoisotopic (exact) mass is 304 g/mol. The van der Waals surface area contributed by atoms with Crippen LogP contribution in [0.5, 0.6) is 0 Å². The number of ether oxygens (including phenoxy) is 1. The van der Waals surface area contributed by atoms with Crippen LogP contribution < -0.4 is 0 Å². The summed E-state index contributed by atoms with van der Waals surface area (Å²) < 4.78 is 3.93. The number of carboxylic acids is 1. The number of hydrogen-bond donors (Lipinski definition) is 4. The second-order valence-electron chi connectivity index (χ2n) is 2.72. The number of halogens is 1. The molecule has 0 aromatic carbocycles. The molecule has 0 unspecified atom stereocenters. The van der Waals surface area contributed by atoms with Crippen molar-refractivity contribution in [1.82, 2.24) is 0 Å². The zero-order chi connectivity index (χ0) is 10.2. The largest absolute Gasteiger partial charge is 0.479 e. The highest BCUT2D eigenvalue weighted by molar-refractivity contribution is 14.1. The molecule has 1 heterocycles. The first-order valence-corrected chi connectivity index (χ1v) is 4.76. The van der Waals surface area contributed by atoms with Crippen LogP contribution in [0.25, 0.3) is 0 Å². The molecule has 0 saturated carbocycles. The molecule has 5 atom stereocenters. The molecule has 6 nitrogen and oxygen atoms in total. The number of rotatable bonds is 1. The second-order valence-corrected chi connectivity index (χ2v) is 3.95. The highest BCUT2D eigenvalue weighted by Gasteiger charge is 2.45. The van der Waals surface area contributed by atoms with Crippen molar-refractivity contribution in [2.75, 3.05) is 0 Å². The van der Waals surface area contributed by atoms with E-state index < -0.39 is 34.5 Å². The number of hydrogen-bond acceptors (Lipinski definition) is 5. The van der Waals surface area contributed by atoms with Crippen molar-refractivity contribution in [2.45, 2.75) is 28.5 Å². The number of aliphatic carboxylic acids is 1. The van der Waals surface area contributed by atoms with Gasteiger partial charge in [-0.2, -0.15) is 0 Å². The highest BCUT2D eigenvalue weighted by Crippen LogP contribution is 2.24. The predicted octanol–water partition coefficient (Wildman–Crippen LogP) is -1.69. The lowest BCUT2D eigenvalue weighted by Gasteiger charge is -2.36. The van der Waals surface area contributed by atoms with Crippen LogP contribution in [0.1, 0.15) is 0 Å². The van der Waals surface area contributed by atoms with Gasteiger partial charge >= 0.3 is 5.97 Å². The van der Waals surface area contributed by atoms with E-state index in [-0.39, 0.29) is 0 Å². The summed E-state index contributed by atoms with van der Waals surface area (Å²) >= 11 is 1.65. The van der Waals surface area contributed by atoms with Crippen LogP contribution >= 0.6 is 22.6 Å². The average Bonchev–Trinajstić information content (AvgIpc) is 2.07.